The minimum atomic E-state index is 0.586. The van der Waals surface area contributed by atoms with Crippen molar-refractivity contribution >= 4 is 23.4 Å². The van der Waals surface area contributed by atoms with Crippen LogP contribution in [0.1, 0.15) is 0 Å². The second kappa shape index (κ2) is 7.30. The van der Waals surface area contributed by atoms with Crippen molar-refractivity contribution in [1.29, 1.82) is 0 Å². The molecule has 0 N–H and O–H groups in total. The molecule has 1 fully saturated rings. The predicted octanol–water partition coefficient (Wildman–Crippen LogP) is 1.76. The summed E-state index contributed by atoms with van der Waals surface area (Å²) in [7, 11) is 1.95. The maximum Gasteiger partial charge on any atom is 0.251 e. The van der Waals surface area contributed by atoms with Crippen LogP contribution in [0, 0.1) is 0 Å². The van der Waals surface area contributed by atoms with Crippen molar-refractivity contribution in [2.45, 2.75) is 0 Å². The summed E-state index contributed by atoms with van der Waals surface area (Å²) in [5.74, 6) is 2.20. The number of hydrogen-bond acceptors (Lipinski definition) is 8. The van der Waals surface area contributed by atoms with E-state index in [0.717, 1.165) is 43.6 Å². The fourth-order valence-electron chi connectivity index (χ4n) is 2.94. The highest BCUT2D eigenvalue weighted by atomic mass is 15.4. The van der Waals surface area contributed by atoms with Gasteiger partial charge >= 0.3 is 0 Å². The molecule has 0 atom stereocenters. The zero-order valence-corrected chi connectivity index (χ0v) is 14.6. The highest BCUT2D eigenvalue weighted by Crippen LogP contribution is 2.21. The summed E-state index contributed by atoms with van der Waals surface area (Å²) in [5, 5.41) is 8.33. The molecule has 1 saturated heterocycles. The van der Waals surface area contributed by atoms with Crippen molar-refractivity contribution in [1.82, 2.24) is 25.1 Å². The van der Waals surface area contributed by atoms with Gasteiger partial charge in [-0.2, -0.15) is 10.1 Å². The largest absolute Gasteiger partial charge is 0.352 e. The van der Waals surface area contributed by atoms with Crippen LogP contribution in [-0.2, 0) is 0 Å². The second-order valence-corrected chi connectivity index (χ2v) is 6.03. The summed E-state index contributed by atoms with van der Waals surface area (Å²) in [5.41, 5.74) is 1.03. The van der Waals surface area contributed by atoms with E-state index in [4.69, 9.17) is 4.98 Å². The quantitative estimate of drug-likeness (QED) is 0.706. The van der Waals surface area contributed by atoms with E-state index < -0.39 is 0 Å². The minimum absolute atomic E-state index is 0.586. The molecule has 0 saturated carbocycles. The molecule has 0 aliphatic carbocycles. The molecule has 0 amide bonds. The lowest BCUT2D eigenvalue weighted by Crippen LogP contribution is -2.47. The van der Waals surface area contributed by atoms with E-state index in [1.807, 2.05) is 48.3 Å². The van der Waals surface area contributed by atoms with Gasteiger partial charge in [-0.3, -0.25) is 0 Å². The topological polar surface area (TPSA) is 74.2 Å². The lowest BCUT2D eigenvalue weighted by atomic mass is 10.3. The lowest BCUT2D eigenvalue weighted by molar-refractivity contribution is 0.632. The number of aromatic nitrogens is 5. The first-order valence-electron chi connectivity index (χ1n) is 8.57. The molecule has 1 aliphatic heterocycles. The van der Waals surface area contributed by atoms with Crippen LogP contribution >= 0.6 is 0 Å². The lowest BCUT2D eigenvalue weighted by Gasteiger charge is -2.35. The van der Waals surface area contributed by atoms with Crippen LogP contribution in [0.4, 0.5) is 23.4 Å². The highest BCUT2D eigenvalue weighted by molar-refractivity contribution is 5.57. The van der Waals surface area contributed by atoms with Crippen molar-refractivity contribution in [3.63, 3.8) is 0 Å². The number of anilines is 4. The van der Waals surface area contributed by atoms with E-state index in [9.17, 15) is 0 Å². The Morgan fingerprint density at radius 1 is 0.885 bits per heavy atom. The standard InChI is InChI=1S/C18H20N8/c1-24(15-6-3-2-4-7-15)18-22-16(14-21-23-18)25-10-12-26(13-11-25)17-19-8-5-9-20-17/h2-9,14H,10-13H2,1H3. The summed E-state index contributed by atoms with van der Waals surface area (Å²) >= 11 is 0. The van der Waals surface area contributed by atoms with Gasteiger partial charge in [-0.05, 0) is 18.2 Å². The Hall–Kier alpha value is -3.29. The molecular formula is C18H20N8. The van der Waals surface area contributed by atoms with Gasteiger partial charge in [0.1, 0.15) is 0 Å². The molecule has 4 rings (SSSR count). The number of nitrogens with zero attached hydrogens (tertiary/aromatic N) is 8. The summed E-state index contributed by atoms with van der Waals surface area (Å²) in [6.45, 7) is 3.37. The maximum absolute atomic E-state index is 4.70. The Balaban J connectivity index is 1.46. The van der Waals surface area contributed by atoms with Crippen LogP contribution in [0.2, 0.25) is 0 Å². The van der Waals surface area contributed by atoms with Gasteiger partial charge in [-0.1, -0.05) is 18.2 Å². The van der Waals surface area contributed by atoms with Gasteiger partial charge < -0.3 is 14.7 Å². The van der Waals surface area contributed by atoms with Crippen molar-refractivity contribution in [2.75, 3.05) is 47.9 Å². The van der Waals surface area contributed by atoms with Crippen LogP contribution in [0.3, 0.4) is 0 Å². The van der Waals surface area contributed by atoms with Gasteiger partial charge in [-0.25, -0.2) is 9.97 Å². The normalized spacial score (nSPS) is 14.3. The van der Waals surface area contributed by atoms with E-state index in [1.165, 1.54) is 0 Å². The van der Waals surface area contributed by atoms with Crippen LogP contribution < -0.4 is 14.7 Å². The Labute approximate surface area is 152 Å². The summed E-state index contributed by atoms with van der Waals surface area (Å²) in [4.78, 5) is 19.7. The molecule has 0 radical (unpaired) electrons. The van der Waals surface area contributed by atoms with E-state index in [1.54, 1.807) is 18.6 Å². The molecule has 0 spiro atoms. The molecule has 3 aromatic rings. The number of piperazine rings is 1. The molecule has 1 aromatic carbocycles. The van der Waals surface area contributed by atoms with Crippen LogP contribution in [-0.4, -0.2) is 58.4 Å². The van der Waals surface area contributed by atoms with Crippen molar-refractivity contribution in [3.8, 4) is 0 Å². The SMILES string of the molecule is CN(c1ccccc1)c1nncc(N2CCN(c3ncccn3)CC2)n1. The maximum atomic E-state index is 4.70. The zero-order valence-electron chi connectivity index (χ0n) is 14.6. The number of para-hydroxylation sites is 1. The Kier molecular flexibility index (Phi) is 4.55. The van der Waals surface area contributed by atoms with Gasteiger partial charge in [0.25, 0.3) is 5.95 Å². The number of hydrogen-bond donors (Lipinski definition) is 0. The van der Waals surface area contributed by atoms with Gasteiger partial charge in [0.05, 0.1) is 6.20 Å². The van der Waals surface area contributed by atoms with E-state index in [-0.39, 0.29) is 0 Å². The third-order valence-electron chi connectivity index (χ3n) is 4.42. The molecule has 3 heterocycles. The van der Waals surface area contributed by atoms with E-state index >= 15 is 0 Å². The third kappa shape index (κ3) is 3.39. The fraction of sp³-hybridized carbons (Fsp3) is 0.278. The average molecular weight is 348 g/mol. The van der Waals surface area contributed by atoms with Crippen molar-refractivity contribution in [3.05, 3.63) is 55.0 Å². The first kappa shape index (κ1) is 16.2. The molecule has 8 nitrogen and oxygen atoms in total. The average Bonchev–Trinajstić information content (AvgIpc) is 2.75. The molecule has 8 heteroatoms. The smallest absolute Gasteiger partial charge is 0.251 e. The van der Waals surface area contributed by atoms with Crippen molar-refractivity contribution in [2.24, 2.45) is 0 Å². The van der Waals surface area contributed by atoms with Crippen LogP contribution in [0.25, 0.3) is 0 Å². The Bertz CT molecular complexity index is 834. The van der Waals surface area contributed by atoms with Gasteiger partial charge in [0.2, 0.25) is 5.95 Å². The third-order valence-corrected chi connectivity index (χ3v) is 4.42. The minimum Gasteiger partial charge on any atom is -0.352 e. The first-order valence-corrected chi connectivity index (χ1v) is 8.57. The zero-order chi connectivity index (χ0) is 17.8. The highest BCUT2D eigenvalue weighted by Gasteiger charge is 2.21. The molecule has 2 aromatic heterocycles. The molecular weight excluding hydrogens is 328 g/mol. The molecule has 1 aliphatic rings. The molecule has 0 bridgehead atoms. The van der Waals surface area contributed by atoms with E-state index in [0.29, 0.717) is 5.95 Å². The van der Waals surface area contributed by atoms with E-state index in [2.05, 4.69) is 30.0 Å². The van der Waals surface area contributed by atoms with Gasteiger partial charge in [0, 0.05) is 51.3 Å². The van der Waals surface area contributed by atoms with Crippen LogP contribution in [0.5, 0.6) is 0 Å². The van der Waals surface area contributed by atoms with Gasteiger partial charge in [0.15, 0.2) is 5.82 Å². The predicted molar refractivity (Wildman–Crippen MR) is 101 cm³/mol. The Morgan fingerprint density at radius 3 is 2.31 bits per heavy atom. The first-order chi connectivity index (χ1) is 12.8. The molecule has 132 valence electrons. The molecule has 0 unspecified atom stereocenters. The van der Waals surface area contributed by atoms with Crippen molar-refractivity contribution < 1.29 is 0 Å². The second-order valence-electron chi connectivity index (χ2n) is 6.03. The summed E-state index contributed by atoms with van der Waals surface area (Å²) < 4.78 is 0. The summed E-state index contributed by atoms with van der Waals surface area (Å²) in [6.07, 6.45) is 5.26. The van der Waals surface area contributed by atoms with Gasteiger partial charge in [-0.15, -0.1) is 5.10 Å². The fourth-order valence-corrected chi connectivity index (χ4v) is 2.94. The Morgan fingerprint density at radius 2 is 1.58 bits per heavy atom. The number of benzene rings is 1. The van der Waals surface area contributed by atoms with Crippen LogP contribution in [0.15, 0.2) is 55.0 Å². The molecule has 26 heavy (non-hydrogen) atoms. The monoisotopic (exact) mass is 348 g/mol. The number of rotatable bonds is 4. The summed E-state index contributed by atoms with van der Waals surface area (Å²) in [6, 6.07) is 11.9.